The highest BCUT2D eigenvalue weighted by Gasteiger charge is 2.51. The SMILES string of the molecule is [B][C@@H]1OC2[C@H](C)CO[C@@H]2[C@H]1OP(OCCC#N)N(C(C)C)C(C)C. The number of nitrogens with zero attached hydrogens (tertiary/aromatic N) is 2. The second kappa shape index (κ2) is 8.94. The molecule has 0 aromatic heterocycles. The monoisotopic (exact) mass is 354 g/mol. The first-order valence-corrected chi connectivity index (χ1v) is 9.77. The molecule has 6 nitrogen and oxygen atoms in total. The third-order valence-corrected chi connectivity index (χ3v) is 6.40. The Bertz CT molecular complexity index is 440. The van der Waals surface area contributed by atoms with E-state index in [9.17, 15) is 0 Å². The van der Waals surface area contributed by atoms with Crippen LogP contribution >= 0.6 is 8.53 Å². The van der Waals surface area contributed by atoms with Crippen molar-refractivity contribution in [3.8, 4) is 6.07 Å². The van der Waals surface area contributed by atoms with Gasteiger partial charge in [0.05, 0.1) is 31.8 Å². The minimum atomic E-state index is -1.35. The molecule has 0 spiro atoms. The average Bonchev–Trinajstić information content (AvgIpc) is 2.99. The summed E-state index contributed by atoms with van der Waals surface area (Å²) in [6.45, 7) is 11.5. The predicted octanol–water partition coefficient (Wildman–Crippen LogP) is 2.58. The molecule has 0 amide bonds. The molecule has 0 saturated carbocycles. The molecule has 2 saturated heterocycles. The Kier molecular flexibility index (Phi) is 7.48. The maximum atomic E-state index is 8.78. The highest BCUT2D eigenvalue weighted by molar-refractivity contribution is 7.44. The Morgan fingerprint density at radius 2 is 1.96 bits per heavy atom. The van der Waals surface area contributed by atoms with Gasteiger partial charge in [-0.1, -0.05) is 6.92 Å². The summed E-state index contributed by atoms with van der Waals surface area (Å²) >= 11 is 0. The zero-order valence-corrected chi connectivity index (χ0v) is 16.1. The van der Waals surface area contributed by atoms with Gasteiger partial charge >= 0.3 is 0 Å². The van der Waals surface area contributed by atoms with Gasteiger partial charge in [0.1, 0.15) is 20.1 Å². The van der Waals surface area contributed by atoms with Crippen molar-refractivity contribution in [3.05, 3.63) is 0 Å². The van der Waals surface area contributed by atoms with Crippen LogP contribution in [0.5, 0.6) is 0 Å². The fourth-order valence-electron chi connectivity index (χ4n) is 3.23. The van der Waals surface area contributed by atoms with Crippen LogP contribution in [0.2, 0.25) is 0 Å². The number of rotatable bonds is 8. The van der Waals surface area contributed by atoms with Crippen molar-refractivity contribution in [1.82, 2.24) is 4.67 Å². The second-order valence-corrected chi connectivity index (χ2v) is 8.36. The molecule has 2 heterocycles. The van der Waals surface area contributed by atoms with Crippen molar-refractivity contribution in [2.75, 3.05) is 13.2 Å². The van der Waals surface area contributed by atoms with Crippen LogP contribution in [-0.4, -0.2) is 62.1 Å². The number of nitriles is 1. The standard InChI is InChI=1S/C16H28BN2O4P/c1-10(2)19(11(3)4)24(21-8-6-7-18)23-15-14-13(22-16(15)17)12(5)9-20-14/h10-16H,6,8-9H2,1-5H3/t12-,13?,14+,15-,16-,24?/m1/s1. The number of hydrogen-bond acceptors (Lipinski definition) is 6. The number of ether oxygens (including phenoxy) is 2. The van der Waals surface area contributed by atoms with Crippen molar-refractivity contribution in [2.45, 2.75) is 77.4 Å². The van der Waals surface area contributed by atoms with Crippen LogP contribution in [-0.2, 0) is 18.5 Å². The molecule has 0 aromatic carbocycles. The van der Waals surface area contributed by atoms with Gasteiger partial charge in [0.2, 0.25) is 0 Å². The van der Waals surface area contributed by atoms with E-state index in [0.29, 0.717) is 25.6 Å². The first-order valence-electron chi connectivity index (χ1n) is 8.64. The van der Waals surface area contributed by atoms with E-state index in [1.807, 2.05) is 0 Å². The third-order valence-electron chi connectivity index (χ3n) is 4.27. The molecule has 2 aliphatic heterocycles. The van der Waals surface area contributed by atoms with E-state index in [1.165, 1.54) is 0 Å². The molecule has 0 aliphatic carbocycles. The maximum Gasteiger partial charge on any atom is 0.259 e. The molecule has 2 aliphatic rings. The minimum Gasteiger partial charge on any atom is -0.379 e. The van der Waals surface area contributed by atoms with Crippen molar-refractivity contribution in [1.29, 1.82) is 5.26 Å². The lowest BCUT2D eigenvalue weighted by molar-refractivity contribution is 0.0130. The van der Waals surface area contributed by atoms with Crippen LogP contribution in [0.3, 0.4) is 0 Å². The smallest absolute Gasteiger partial charge is 0.259 e. The Morgan fingerprint density at radius 3 is 2.54 bits per heavy atom. The average molecular weight is 354 g/mol. The molecule has 0 N–H and O–H groups in total. The highest BCUT2D eigenvalue weighted by Crippen LogP contribution is 2.50. The van der Waals surface area contributed by atoms with Gasteiger partial charge in [-0.3, -0.25) is 0 Å². The first-order chi connectivity index (χ1) is 11.4. The molecule has 2 fully saturated rings. The Hall–Kier alpha value is -0.215. The lowest BCUT2D eigenvalue weighted by atomic mass is 9.92. The first kappa shape index (κ1) is 20.1. The van der Waals surface area contributed by atoms with Gasteiger partial charge in [0.15, 0.2) is 0 Å². The second-order valence-electron chi connectivity index (χ2n) is 6.96. The fourth-order valence-corrected chi connectivity index (χ4v) is 4.99. The van der Waals surface area contributed by atoms with Gasteiger partial charge in [-0.05, 0) is 27.7 Å². The molecule has 2 radical (unpaired) electrons. The summed E-state index contributed by atoms with van der Waals surface area (Å²) in [7, 11) is 4.80. The van der Waals surface area contributed by atoms with Gasteiger partial charge < -0.3 is 18.5 Å². The summed E-state index contributed by atoms with van der Waals surface area (Å²) in [6, 6.07) is 2.08. The van der Waals surface area contributed by atoms with Gasteiger partial charge in [-0.15, -0.1) is 0 Å². The number of hydrogen-bond donors (Lipinski definition) is 0. The van der Waals surface area contributed by atoms with E-state index in [-0.39, 0.29) is 30.4 Å². The summed E-state index contributed by atoms with van der Waals surface area (Å²) in [5.74, 6) is 0.312. The molecule has 2 unspecified atom stereocenters. The highest BCUT2D eigenvalue weighted by atomic mass is 31.2. The van der Waals surface area contributed by atoms with Crippen molar-refractivity contribution < 1.29 is 18.5 Å². The number of fused-ring (bicyclic) bond motifs is 1. The molecule has 2 rings (SSSR count). The minimum absolute atomic E-state index is 0.0208. The van der Waals surface area contributed by atoms with Crippen LogP contribution in [0.25, 0.3) is 0 Å². The molecule has 0 aromatic rings. The Labute approximate surface area is 148 Å². The topological polar surface area (TPSA) is 64.0 Å². The molecular formula is C16H28BN2O4P. The van der Waals surface area contributed by atoms with E-state index in [0.717, 1.165) is 0 Å². The zero-order chi connectivity index (χ0) is 17.9. The third kappa shape index (κ3) is 4.49. The summed E-state index contributed by atoms with van der Waals surface area (Å²) < 4.78 is 26.1. The molecule has 24 heavy (non-hydrogen) atoms. The summed E-state index contributed by atoms with van der Waals surface area (Å²) in [5.41, 5.74) is 0. The molecule has 8 heteroatoms. The van der Waals surface area contributed by atoms with Crippen molar-refractivity contribution >= 4 is 16.4 Å². The van der Waals surface area contributed by atoms with Crippen LogP contribution < -0.4 is 0 Å². The largest absolute Gasteiger partial charge is 0.379 e. The van der Waals surface area contributed by atoms with E-state index in [4.69, 9.17) is 31.6 Å². The summed E-state index contributed by atoms with van der Waals surface area (Å²) in [5, 5.41) is 8.78. The Balaban J connectivity index is 2.10. The van der Waals surface area contributed by atoms with E-state index in [2.05, 4.69) is 45.4 Å². The molecule has 134 valence electrons. The lowest BCUT2D eigenvalue weighted by Crippen LogP contribution is -2.39. The van der Waals surface area contributed by atoms with E-state index < -0.39 is 14.5 Å². The molecular weight excluding hydrogens is 326 g/mol. The quantitative estimate of drug-likeness (QED) is 0.379. The Morgan fingerprint density at radius 1 is 1.29 bits per heavy atom. The van der Waals surface area contributed by atoms with E-state index in [1.54, 1.807) is 0 Å². The zero-order valence-electron chi connectivity index (χ0n) is 15.2. The maximum absolute atomic E-state index is 8.78. The van der Waals surface area contributed by atoms with Crippen LogP contribution in [0.4, 0.5) is 0 Å². The van der Waals surface area contributed by atoms with Crippen LogP contribution in [0.1, 0.15) is 41.0 Å². The van der Waals surface area contributed by atoms with Crippen LogP contribution in [0.15, 0.2) is 0 Å². The van der Waals surface area contributed by atoms with Gasteiger partial charge in [-0.2, -0.15) is 5.26 Å². The van der Waals surface area contributed by atoms with Crippen molar-refractivity contribution in [2.24, 2.45) is 5.92 Å². The van der Waals surface area contributed by atoms with Gasteiger partial charge in [-0.25, -0.2) is 4.67 Å². The molecule has 6 atom stereocenters. The lowest BCUT2D eigenvalue weighted by Gasteiger charge is -2.37. The van der Waals surface area contributed by atoms with E-state index >= 15 is 0 Å². The summed E-state index contributed by atoms with van der Waals surface area (Å²) in [6.07, 6.45) is -0.194. The van der Waals surface area contributed by atoms with Gasteiger partial charge in [0, 0.05) is 24.0 Å². The van der Waals surface area contributed by atoms with Crippen molar-refractivity contribution in [3.63, 3.8) is 0 Å². The fraction of sp³-hybridized carbons (Fsp3) is 0.938. The normalized spacial score (nSPS) is 34.0. The molecule has 0 bridgehead atoms. The predicted molar refractivity (Wildman–Crippen MR) is 93.4 cm³/mol. The van der Waals surface area contributed by atoms with Gasteiger partial charge in [0.25, 0.3) is 8.53 Å². The van der Waals surface area contributed by atoms with Crippen LogP contribution in [0, 0.1) is 17.2 Å². The summed E-state index contributed by atoms with van der Waals surface area (Å²) in [4.78, 5) is 0.